The number of nitrogens with zero attached hydrogens (tertiary/aromatic N) is 1. The summed E-state index contributed by atoms with van der Waals surface area (Å²) in [6.45, 7) is 3.51. The summed E-state index contributed by atoms with van der Waals surface area (Å²) in [5, 5.41) is 8.99. The molecule has 0 radical (unpaired) electrons. The lowest BCUT2D eigenvalue weighted by Crippen LogP contribution is -2.40. The molecule has 1 aromatic rings. The summed E-state index contributed by atoms with van der Waals surface area (Å²) in [7, 11) is 1.61. The van der Waals surface area contributed by atoms with Gasteiger partial charge >= 0.3 is 6.18 Å². The van der Waals surface area contributed by atoms with Gasteiger partial charge < -0.3 is 20.7 Å². The van der Waals surface area contributed by atoms with Crippen molar-refractivity contribution < 1.29 is 22.7 Å². The van der Waals surface area contributed by atoms with Crippen LogP contribution in [-0.2, 0) is 11.3 Å². The number of amides is 1. The molecular weight excluding hydrogens is 361 g/mol. The van der Waals surface area contributed by atoms with Gasteiger partial charge in [0.05, 0.1) is 0 Å². The number of ether oxygens (including phenoxy) is 1. The highest BCUT2D eigenvalue weighted by molar-refractivity contribution is 5.81. The zero-order valence-electron chi connectivity index (χ0n) is 15.8. The maximum atomic E-state index is 12.1. The Morgan fingerprint density at radius 1 is 1.22 bits per heavy atom. The van der Waals surface area contributed by atoms with E-state index in [4.69, 9.17) is 0 Å². The first kappa shape index (κ1) is 22.6. The predicted octanol–water partition coefficient (Wildman–Crippen LogP) is 2.60. The van der Waals surface area contributed by atoms with Crippen molar-refractivity contribution >= 4 is 11.9 Å². The van der Waals surface area contributed by atoms with Gasteiger partial charge in [-0.15, -0.1) is 0 Å². The fourth-order valence-corrected chi connectivity index (χ4v) is 2.02. The molecule has 152 valence electrons. The van der Waals surface area contributed by atoms with Crippen LogP contribution in [0.15, 0.2) is 29.3 Å². The minimum Gasteiger partial charge on any atom is -0.484 e. The number of hydrogen-bond donors (Lipinski definition) is 3. The van der Waals surface area contributed by atoms with Crippen LogP contribution in [0.25, 0.3) is 0 Å². The van der Waals surface area contributed by atoms with Gasteiger partial charge in [-0.3, -0.25) is 9.79 Å². The predicted molar refractivity (Wildman–Crippen MR) is 98.7 cm³/mol. The second-order valence-electron chi connectivity index (χ2n) is 6.03. The van der Waals surface area contributed by atoms with Gasteiger partial charge in [-0.2, -0.15) is 13.2 Å². The number of alkyl halides is 3. The summed E-state index contributed by atoms with van der Waals surface area (Å²) in [6, 6.07) is 6.46. The van der Waals surface area contributed by atoms with Crippen LogP contribution in [0.3, 0.4) is 0 Å². The first-order valence-electron chi connectivity index (χ1n) is 8.76. The average molecular weight is 388 g/mol. The van der Waals surface area contributed by atoms with E-state index in [0.717, 1.165) is 12.0 Å². The number of aliphatic imine (C=N–C) groups is 1. The SMILES string of the molecule is CCC(C)NC(=O)CCNC(=NC)NCc1ccc(OCC(F)(F)F)cc1. The van der Waals surface area contributed by atoms with Crippen molar-refractivity contribution in [1.82, 2.24) is 16.0 Å². The van der Waals surface area contributed by atoms with Gasteiger partial charge in [-0.1, -0.05) is 19.1 Å². The fourth-order valence-electron chi connectivity index (χ4n) is 2.02. The second kappa shape index (κ2) is 11.3. The van der Waals surface area contributed by atoms with Gasteiger partial charge in [0.1, 0.15) is 5.75 Å². The number of rotatable bonds is 9. The van der Waals surface area contributed by atoms with Crippen molar-refractivity contribution in [3.05, 3.63) is 29.8 Å². The largest absolute Gasteiger partial charge is 0.484 e. The van der Waals surface area contributed by atoms with Crippen LogP contribution in [0.1, 0.15) is 32.3 Å². The minimum absolute atomic E-state index is 0.0262. The van der Waals surface area contributed by atoms with Gasteiger partial charge in [0.2, 0.25) is 5.91 Å². The number of hydrogen-bond acceptors (Lipinski definition) is 3. The quantitative estimate of drug-likeness (QED) is 0.449. The standard InChI is InChI=1S/C18H27F3N4O2/c1-4-13(2)25-16(26)9-10-23-17(22-3)24-11-14-5-7-15(8-6-14)27-12-18(19,20)21/h5-8,13H,4,9-12H2,1-3H3,(H,25,26)(H2,22,23,24). The topological polar surface area (TPSA) is 74.8 Å². The first-order chi connectivity index (χ1) is 12.7. The summed E-state index contributed by atoms with van der Waals surface area (Å²) < 4.78 is 41.0. The Labute approximate surface area is 157 Å². The van der Waals surface area contributed by atoms with Crippen LogP contribution >= 0.6 is 0 Å². The Hall–Kier alpha value is -2.45. The molecule has 0 aromatic heterocycles. The van der Waals surface area contributed by atoms with Crippen molar-refractivity contribution in [3.63, 3.8) is 0 Å². The molecule has 0 heterocycles. The van der Waals surface area contributed by atoms with E-state index in [9.17, 15) is 18.0 Å². The molecule has 6 nitrogen and oxygen atoms in total. The Morgan fingerprint density at radius 2 is 1.89 bits per heavy atom. The smallest absolute Gasteiger partial charge is 0.422 e. The molecule has 1 unspecified atom stereocenters. The molecule has 0 spiro atoms. The van der Waals surface area contributed by atoms with Crippen molar-refractivity contribution in [2.45, 2.75) is 45.5 Å². The van der Waals surface area contributed by atoms with Crippen molar-refractivity contribution in [3.8, 4) is 5.75 Å². The van der Waals surface area contributed by atoms with Crippen LogP contribution in [-0.4, -0.2) is 44.3 Å². The summed E-state index contributed by atoms with van der Waals surface area (Å²) in [6.07, 6.45) is -3.15. The monoisotopic (exact) mass is 388 g/mol. The average Bonchev–Trinajstić information content (AvgIpc) is 2.62. The van der Waals surface area contributed by atoms with Crippen molar-refractivity contribution in [1.29, 1.82) is 0 Å². The van der Waals surface area contributed by atoms with Gasteiger partial charge in [0, 0.05) is 32.6 Å². The lowest BCUT2D eigenvalue weighted by molar-refractivity contribution is -0.153. The van der Waals surface area contributed by atoms with E-state index < -0.39 is 12.8 Å². The maximum absolute atomic E-state index is 12.1. The molecule has 1 rings (SSSR count). The van der Waals surface area contributed by atoms with Crippen LogP contribution < -0.4 is 20.7 Å². The van der Waals surface area contributed by atoms with Crippen LogP contribution in [0.2, 0.25) is 0 Å². The molecule has 1 amide bonds. The van der Waals surface area contributed by atoms with Crippen molar-refractivity contribution in [2.24, 2.45) is 4.99 Å². The number of guanidine groups is 1. The van der Waals surface area contributed by atoms with Gasteiger partial charge in [0.25, 0.3) is 0 Å². The number of halogens is 3. The van der Waals surface area contributed by atoms with Crippen molar-refractivity contribution in [2.75, 3.05) is 20.2 Å². The highest BCUT2D eigenvalue weighted by Crippen LogP contribution is 2.18. The fraction of sp³-hybridized carbons (Fsp3) is 0.556. The third-order valence-electron chi connectivity index (χ3n) is 3.67. The van der Waals surface area contributed by atoms with E-state index in [-0.39, 0.29) is 17.7 Å². The lowest BCUT2D eigenvalue weighted by atomic mass is 10.2. The highest BCUT2D eigenvalue weighted by atomic mass is 19.4. The summed E-state index contributed by atoms with van der Waals surface area (Å²) in [4.78, 5) is 15.8. The van der Waals surface area contributed by atoms with E-state index in [1.165, 1.54) is 12.1 Å². The Balaban J connectivity index is 2.34. The molecule has 0 aliphatic rings. The number of carbonyl (C=O) groups excluding carboxylic acids is 1. The zero-order valence-corrected chi connectivity index (χ0v) is 15.8. The molecule has 0 aliphatic carbocycles. The molecule has 0 saturated heterocycles. The lowest BCUT2D eigenvalue weighted by Gasteiger charge is -2.14. The van der Waals surface area contributed by atoms with E-state index >= 15 is 0 Å². The van der Waals surface area contributed by atoms with Crippen LogP contribution in [0.4, 0.5) is 13.2 Å². The minimum atomic E-state index is -4.36. The number of benzene rings is 1. The van der Waals surface area contributed by atoms with E-state index in [0.29, 0.717) is 25.5 Å². The normalized spacial score (nSPS) is 13.0. The maximum Gasteiger partial charge on any atom is 0.422 e. The molecule has 1 atom stereocenters. The van der Waals surface area contributed by atoms with Gasteiger partial charge in [-0.25, -0.2) is 0 Å². The molecule has 0 saturated carbocycles. The zero-order chi connectivity index (χ0) is 20.3. The highest BCUT2D eigenvalue weighted by Gasteiger charge is 2.28. The van der Waals surface area contributed by atoms with Gasteiger partial charge in [-0.05, 0) is 31.0 Å². The molecule has 3 N–H and O–H groups in total. The third kappa shape index (κ3) is 10.3. The first-order valence-corrected chi connectivity index (χ1v) is 8.76. The molecule has 1 aromatic carbocycles. The molecule has 0 bridgehead atoms. The summed E-state index contributed by atoms with van der Waals surface area (Å²) in [5.74, 6) is 0.663. The number of carbonyl (C=O) groups is 1. The Kier molecular flexibility index (Phi) is 9.46. The molecule has 0 fully saturated rings. The molecule has 0 aliphatic heterocycles. The summed E-state index contributed by atoms with van der Waals surface area (Å²) >= 11 is 0. The van der Waals surface area contributed by atoms with E-state index in [2.05, 4.69) is 25.7 Å². The Morgan fingerprint density at radius 3 is 2.44 bits per heavy atom. The van der Waals surface area contributed by atoms with Gasteiger partial charge in [0.15, 0.2) is 12.6 Å². The van der Waals surface area contributed by atoms with Crippen LogP contribution in [0, 0.1) is 0 Å². The molecule has 9 heteroatoms. The van der Waals surface area contributed by atoms with Crippen LogP contribution in [0.5, 0.6) is 5.75 Å². The second-order valence-corrected chi connectivity index (χ2v) is 6.03. The molecule has 27 heavy (non-hydrogen) atoms. The van der Waals surface area contributed by atoms with E-state index in [1.807, 2.05) is 13.8 Å². The van der Waals surface area contributed by atoms with E-state index in [1.54, 1.807) is 19.2 Å². The molecular formula is C18H27F3N4O2. The summed E-state index contributed by atoms with van der Waals surface area (Å²) in [5.41, 5.74) is 0.854. The Bertz CT molecular complexity index is 604. The third-order valence-corrected chi connectivity index (χ3v) is 3.67. The number of nitrogens with one attached hydrogen (secondary N) is 3.